The Bertz CT molecular complexity index is 1370. The summed E-state index contributed by atoms with van der Waals surface area (Å²) in [5, 5.41) is 3.84. The van der Waals surface area contributed by atoms with Crippen LogP contribution in [-0.4, -0.2) is 22.5 Å². The average molecular weight is 457 g/mol. The number of anilines is 1. The molecule has 0 bridgehead atoms. The van der Waals surface area contributed by atoms with E-state index in [1.54, 1.807) is 47.9 Å². The number of fused-ring (bicyclic) bond motifs is 2. The molecule has 6 heteroatoms. The number of carbonyl (C=O) groups excluding carboxylic acids is 2. The highest BCUT2D eigenvalue weighted by molar-refractivity contribution is 5.96. The number of hydrogen-bond donors (Lipinski definition) is 1. The van der Waals surface area contributed by atoms with Crippen molar-refractivity contribution in [3.8, 4) is 0 Å². The normalized spacial score (nSPS) is 12.5. The minimum Gasteiger partial charge on any atom is -0.451 e. The number of esters is 1. The van der Waals surface area contributed by atoms with Crippen LogP contribution in [0.1, 0.15) is 33.3 Å². The highest BCUT2D eigenvalue weighted by Crippen LogP contribution is 2.24. The maximum Gasteiger partial charge on any atom is 0.326 e. The quantitative estimate of drug-likeness (QED) is 0.338. The van der Waals surface area contributed by atoms with Crippen molar-refractivity contribution >= 4 is 39.4 Å². The molecule has 1 amide bonds. The Labute approximate surface area is 198 Å². The molecule has 4 aromatic rings. The molecule has 174 valence electrons. The zero-order chi connectivity index (χ0) is 24.5. The fourth-order valence-corrected chi connectivity index (χ4v) is 3.96. The minimum absolute atomic E-state index is 0.0155. The Balaban J connectivity index is 1.51. The van der Waals surface area contributed by atoms with Gasteiger partial charge in [-0.15, -0.1) is 0 Å². The van der Waals surface area contributed by atoms with Crippen molar-refractivity contribution in [1.29, 1.82) is 0 Å². The standard InChI is InChI=1S/C28H28N2O4/c1-18(27(33)29-20-15-13-19(14-16-20)28(2,3)4)34-25(31)17-30-23-11-7-5-9-21(23)26(32)22-10-6-8-12-24(22)30/h5-16,18H,17H2,1-4H3,(H,29,33). The minimum atomic E-state index is -0.980. The summed E-state index contributed by atoms with van der Waals surface area (Å²) < 4.78 is 7.20. The fourth-order valence-electron chi connectivity index (χ4n) is 3.96. The van der Waals surface area contributed by atoms with Crippen LogP contribution in [-0.2, 0) is 26.3 Å². The number of rotatable bonds is 5. The molecular formula is C28H28N2O4. The highest BCUT2D eigenvalue weighted by Gasteiger charge is 2.20. The third-order valence-electron chi connectivity index (χ3n) is 5.86. The Hall–Kier alpha value is -3.93. The lowest BCUT2D eigenvalue weighted by molar-refractivity contribution is -0.153. The van der Waals surface area contributed by atoms with E-state index in [-0.39, 0.29) is 17.4 Å². The highest BCUT2D eigenvalue weighted by atomic mass is 16.5. The first-order valence-electron chi connectivity index (χ1n) is 11.3. The smallest absolute Gasteiger partial charge is 0.326 e. The lowest BCUT2D eigenvalue weighted by Gasteiger charge is -2.20. The summed E-state index contributed by atoms with van der Waals surface area (Å²) in [5.74, 6) is -0.976. The third kappa shape index (κ3) is 4.71. The van der Waals surface area contributed by atoms with E-state index >= 15 is 0 Å². The van der Waals surface area contributed by atoms with E-state index in [2.05, 4.69) is 26.1 Å². The van der Waals surface area contributed by atoms with Gasteiger partial charge in [0.1, 0.15) is 6.54 Å². The van der Waals surface area contributed by atoms with E-state index in [9.17, 15) is 14.4 Å². The Kier molecular flexibility index (Phi) is 6.24. The molecule has 0 aliphatic rings. The molecule has 34 heavy (non-hydrogen) atoms. The number of hydrogen-bond acceptors (Lipinski definition) is 4. The second-order valence-corrected chi connectivity index (χ2v) is 9.40. The summed E-state index contributed by atoms with van der Waals surface area (Å²) in [7, 11) is 0. The average Bonchev–Trinajstić information content (AvgIpc) is 2.81. The van der Waals surface area contributed by atoms with Gasteiger partial charge in [0.15, 0.2) is 11.5 Å². The maximum absolute atomic E-state index is 12.9. The van der Waals surface area contributed by atoms with Gasteiger partial charge in [-0.1, -0.05) is 57.2 Å². The van der Waals surface area contributed by atoms with Gasteiger partial charge in [-0.3, -0.25) is 14.4 Å². The number of nitrogens with one attached hydrogen (secondary N) is 1. The monoisotopic (exact) mass is 456 g/mol. The summed E-state index contributed by atoms with van der Waals surface area (Å²) >= 11 is 0. The molecule has 0 saturated heterocycles. The van der Waals surface area contributed by atoms with Crippen molar-refractivity contribution in [3.63, 3.8) is 0 Å². The molecule has 0 fully saturated rings. The number of amides is 1. The van der Waals surface area contributed by atoms with Crippen molar-refractivity contribution in [3.05, 3.63) is 88.6 Å². The van der Waals surface area contributed by atoms with E-state index in [1.807, 2.05) is 36.4 Å². The Morgan fingerprint density at radius 2 is 1.41 bits per heavy atom. The van der Waals surface area contributed by atoms with E-state index in [4.69, 9.17) is 4.74 Å². The van der Waals surface area contributed by atoms with Crippen LogP contribution in [0.3, 0.4) is 0 Å². The zero-order valence-corrected chi connectivity index (χ0v) is 19.8. The number of nitrogens with zero attached hydrogens (tertiary/aromatic N) is 1. The lowest BCUT2D eigenvalue weighted by atomic mass is 9.87. The first-order chi connectivity index (χ1) is 16.1. The topological polar surface area (TPSA) is 77.4 Å². The molecular weight excluding hydrogens is 428 g/mol. The number of aromatic nitrogens is 1. The van der Waals surface area contributed by atoms with E-state index in [1.165, 1.54) is 0 Å². The van der Waals surface area contributed by atoms with E-state index < -0.39 is 18.0 Å². The molecule has 6 nitrogen and oxygen atoms in total. The summed E-state index contributed by atoms with van der Waals surface area (Å²) in [6, 6.07) is 21.9. The fraction of sp³-hybridized carbons (Fsp3) is 0.250. The van der Waals surface area contributed by atoms with Crippen LogP contribution in [0.4, 0.5) is 5.69 Å². The van der Waals surface area contributed by atoms with Gasteiger partial charge in [0.2, 0.25) is 0 Å². The van der Waals surface area contributed by atoms with Crippen LogP contribution in [0.5, 0.6) is 0 Å². The molecule has 3 aromatic carbocycles. The maximum atomic E-state index is 12.9. The second-order valence-electron chi connectivity index (χ2n) is 9.40. The first-order valence-corrected chi connectivity index (χ1v) is 11.3. The first kappa shape index (κ1) is 23.2. The summed E-state index contributed by atoms with van der Waals surface area (Å²) in [6.07, 6.45) is -0.980. The molecule has 0 radical (unpaired) electrons. The predicted molar refractivity (Wildman–Crippen MR) is 135 cm³/mol. The molecule has 0 aliphatic carbocycles. The van der Waals surface area contributed by atoms with Gasteiger partial charge in [0, 0.05) is 16.5 Å². The third-order valence-corrected chi connectivity index (χ3v) is 5.86. The van der Waals surface area contributed by atoms with Crippen molar-refractivity contribution in [2.75, 3.05) is 5.32 Å². The number of carbonyl (C=O) groups is 2. The largest absolute Gasteiger partial charge is 0.451 e. The molecule has 1 aromatic heterocycles. The molecule has 0 aliphatic heterocycles. The molecule has 1 heterocycles. The van der Waals surface area contributed by atoms with Crippen molar-refractivity contribution in [1.82, 2.24) is 4.57 Å². The molecule has 0 spiro atoms. The summed E-state index contributed by atoms with van der Waals surface area (Å²) in [5.41, 5.74) is 3.00. The van der Waals surface area contributed by atoms with Crippen molar-refractivity contribution in [2.45, 2.75) is 45.8 Å². The number of benzene rings is 3. The van der Waals surface area contributed by atoms with Crippen LogP contribution in [0.15, 0.2) is 77.6 Å². The molecule has 1 N–H and O–H groups in total. The second kappa shape index (κ2) is 9.14. The Morgan fingerprint density at radius 3 is 1.94 bits per heavy atom. The van der Waals surface area contributed by atoms with Crippen LogP contribution in [0.25, 0.3) is 21.8 Å². The zero-order valence-electron chi connectivity index (χ0n) is 19.8. The summed E-state index contributed by atoms with van der Waals surface area (Å²) in [4.78, 5) is 38.3. The van der Waals surface area contributed by atoms with Crippen LogP contribution < -0.4 is 10.7 Å². The van der Waals surface area contributed by atoms with Gasteiger partial charge in [-0.05, 0) is 54.3 Å². The van der Waals surface area contributed by atoms with Crippen molar-refractivity contribution in [2.24, 2.45) is 0 Å². The summed E-state index contributed by atoms with van der Waals surface area (Å²) in [6.45, 7) is 7.78. The van der Waals surface area contributed by atoms with Crippen LogP contribution in [0.2, 0.25) is 0 Å². The van der Waals surface area contributed by atoms with E-state index in [0.29, 0.717) is 27.5 Å². The van der Waals surface area contributed by atoms with Gasteiger partial charge in [0.05, 0.1) is 11.0 Å². The predicted octanol–water partition coefficient (Wildman–Crippen LogP) is 5.02. The number of para-hydroxylation sites is 2. The SMILES string of the molecule is CC(OC(=O)Cn1c2ccccc2c(=O)c2ccccc21)C(=O)Nc1ccc(C(C)(C)C)cc1. The van der Waals surface area contributed by atoms with Gasteiger partial charge >= 0.3 is 5.97 Å². The van der Waals surface area contributed by atoms with E-state index in [0.717, 1.165) is 5.56 Å². The van der Waals surface area contributed by atoms with Gasteiger partial charge in [-0.25, -0.2) is 0 Å². The van der Waals surface area contributed by atoms with Crippen LogP contribution >= 0.6 is 0 Å². The molecule has 1 atom stereocenters. The number of ether oxygens (including phenoxy) is 1. The van der Waals surface area contributed by atoms with Gasteiger partial charge in [-0.2, -0.15) is 0 Å². The van der Waals surface area contributed by atoms with Gasteiger partial charge < -0.3 is 14.6 Å². The van der Waals surface area contributed by atoms with Gasteiger partial charge in [0.25, 0.3) is 5.91 Å². The lowest BCUT2D eigenvalue weighted by Crippen LogP contribution is -2.31. The Morgan fingerprint density at radius 1 is 0.882 bits per heavy atom. The van der Waals surface area contributed by atoms with Crippen LogP contribution in [0, 0.1) is 0 Å². The van der Waals surface area contributed by atoms with Crippen molar-refractivity contribution < 1.29 is 14.3 Å². The molecule has 1 unspecified atom stereocenters. The molecule has 4 rings (SSSR count). The number of pyridine rings is 1. The molecule has 0 saturated carbocycles.